The number of aromatic nitrogens is 1. The molecule has 2 aromatic rings. The number of nitrogens with one attached hydrogen (secondary N) is 2. The first-order valence-electron chi connectivity index (χ1n) is 6.21. The van der Waals surface area contributed by atoms with Crippen LogP contribution in [0.3, 0.4) is 0 Å². The molecule has 3 nitrogen and oxygen atoms in total. The van der Waals surface area contributed by atoms with Crippen LogP contribution in [0.1, 0.15) is 23.6 Å². The molecule has 2 heterocycles. The van der Waals surface area contributed by atoms with Gasteiger partial charge in [-0.25, -0.2) is 4.98 Å². The van der Waals surface area contributed by atoms with Crippen LogP contribution in [-0.2, 0) is 0 Å². The Kier molecular flexibility index (Phi) is 5.64. The lowest BCUT2D eigenvalue weighted by molar-refractivity contribution is 0.597. The van der Waals surface area contributed by atoms with Crippen LogP contribution in [0, 0.1) is 0 Å². The summed E-state index contributed by atoms with van der Waals surface area (Å²) in [6.07, 6.45) is 4.26. The molecule has 0 amide bonds. The van der Waals surface area contributed by atoms with Crippen molar-refractivity contribution in [3.05, 3.63) is 34.0 Å². The Morgan fingerprint density at radius 2 is 2.28 bits per heavy atom. The van der Waals surface area contributed by atoms with E-state index in [1.807, 2.05) is 30.0 Å². The fourth-order valence-corrected chi connectivity index (χ4v) is 3.32. The van der Waals surface area contributed by atoms with Gasteiger partial charge in [0.15, 0.2) is 5.13 Å². The fraction of sp³-hybridized carbons (Fsp3) is 0.462. The van der Waals surface area contributed by atoms with Gasteiger partial charge in [0.05, 0.1) is 0 Å². The highest BCUT2D eigenvalue weighted by molar-refractivity contribution is 7.13. The van der Waals surface area contributed by atoms with Gasteiger partial charge in [-0.3, -0.25) is 0 Å². The average molecular weight is 281 g/mol. The molecule has 98 valence electrons. The number of nitrogens with zero attached hydrogens (tertiary/aromatic N) is 1. The van der Waals surface area contributed by atoms with E-state index >= 15 is 0 Å². The third-order valence-corrected chi connectivity index (χ3v) is 4.62. The van der Waals surface area contributed by atoms with Crippen LogP contribution >= 0.6 is 22.7 Å². The zero-order valence-corrected chi connectivity index (χ0v) is 12.2. The van der Waals surface area contributed by atoms with Crippen molar-refractivity contribution in [2.75, 3.05) is 25.5 Å². The van der Waals surface area contributed by atoms with E-state index in [9.17, 15) is 0 Å². The smallest absolute Gasteiger partial charge is 0.182 e. The van der Waals surface area contributed by atoms with Crippen molar-refractivity contribution in [1.82, 2.24) is 10.3 Å². The summed E-state index contributed by atoms with van der Waals surface area (Å²) in [7, 11) is 2.01. The Hall–Kier alpha value is -0.910. The van der Waals surface area contributed by atoms with E-state index in [1.54, 1.807) is 11.3 Å². The number of thiazole rings is 1. The van der Waals surface area contributed by atoms with Gasteiger partial charge in [0.25, 0.3) is 0 Å². The molecule has 2 rings (SSSR count). The first kappa shape index (κ1) is 13.5. The van der Waals surface area contributed by atoms with Gasteiger partial charge in [0.1, 0.15) is 0 Å². The summed E-state index contributed by atoms with van der Waals surface area (Å²) in [4.78, 5) is 5.73. The minimum atomic E-state index is 0.585. The van der Waals surface area contributed by atoms with Crippen LogP contribution in [0.25, 0.3) is 0 Å². The molecule has 0 radical (unpaired) electrons. The van der Waals surface area contributed by atoms with Crippen molar-refractivity contribution < 1.29 is 0 Å². The first-order valence-corrected chi connectivity index (χ1v) is 7.97. The van der Waals surface area contributed by atoms with Crippen molar-refractivity contribution >= 4 is 27.8 Å². The highest BCUT2D eigenvalue weighted by Crippen LogP contribution is 2.26. The zero-order valence-electron chi connectivity index (χ0n) is 10.6. The van der Waals surface area contributed by atoms with Gasteiger partial charge in [0.2, 0.25) is 0 Å². The van der Waals surface area contributed by atoms with Crippen LogP contribution in [0.15, 0.2) is 29.1 Å². The molecule has 2 N–H and O–H groups in total. The van der Waals surface area contributed by atoms with E-state index in [4.69, 9.17) is 0 Å². The molecule has 0 saturated heterocycles. The maximum Gasteiger partial charge on any atom is 0.182 e. The number of hydrogen-bond acceptors (Lipinski definition) is 5. The van der Waals surface area contributed by atoms with Crippen LogP contribution in [0.5, 0.6) is 0 Å². The van der Waals surface area contributed by atoms with E-state index in [-0.39, 0.29) is 0 Å². The maximum atomic E-state index is 4.26. The van der Waals surface area contributed by atoms with E-state index in [1.165, 1.54) is 17.7 Å². The minimum Gasteiger partial charge on any atom is -0.361 e. The Labute approximate surface area is 116 Å². The summed E-state index contributed by atoms with van der Waals surface area (Å²) in [6.45, 7) is 2.05. The normalized spacial score (nSPS) is 12.5. The summed E-state index contributed by atoms with van der Waals surface area (Å²) in [5, 5.41) is 11.8. The van der Waals surface area contributed by atoms with Gasteiger partial charge in [0, 0.05) is 28.9 Å². The summed E-state index contributed by atoms with van der Waals surface area (Å²) in [6, 6.07) is 4.37. The van der Waals surface area contributed by atoms with Gasteiger partial charge >= 0.3 is 0 Å². The van der Waals surface area contributed by atoms with Crippen LogP contribution in [0.4, 0.5) is 5.13 Å². The fourth-order valence-electron chi connectivity index (χ4n) is 1.91. The second kappa shape index (κ2) is 7.51. The van der Waals surface area contributed by atoms with E-state index in [0.29, 0.717) is 5.92 Å². The molecule has 0 aliphatic carbocycles. The summed E-state index contributed by atoms with van der Waals surface area (Å²) >= 11 is 3.51. The molecule has 18 heavy (non-hydrogen) atoms. The van der Waals surface area contributed by atoms with Crippen LogP contribution in [0.2, 0.25) is 0 Å². The lowest BCUT2D eigenvalue weighted by Crippen LogP contribution is -2.14. The third kappa shape index (κ3) is 4.08. The maximum absolute atomic E-state index is 4.26. The van der Waals surface area contributed by atoms with E-state index in [2.05, 4.69) is 33.1 Å². The molecule has 5 heteroatoms. The lowest BCUT2D eigenvalue weighted by atomic mass is 10.0. The lowest BCUT2D eigenvalue weighted by Gasteiger charge is -2.15. The zero-order chi connectivity index (χ0) is 12.6. The second-order valence-corrected chi connectivity index (χ2v) is 6.05. The quantitative estimate of drug-likeness (QED) is 0.728. The first-order chi connectivity index (χ1) is 8.90. The highest BCUT2D eigenvalue weighted by atomic mass is 32.1. The Balaban J connectivity index is 1.88. The van der Waals surface area contributed by atoms with E-state index < -0.39 is 0 Å². The molecule has 0 fully saturated rings. The Morgan fingerprint density at radius 1 is 1.33 bits per heavy atom. The summed E-state index contributed by atoms with van der Waals surface area (Å²) < 4.78 is 0. The summed E-state index contributed by atoms with van der Waals surface area (Å²) in [5.74, 6) is 0.585. The number of thiophene rings is 1. The molecular weight excluding hydrogens is 262 g/mol. The molecule has 0 saturated carbocycles. The van der Waals surface area contributed by atoms with Gasteiger partial charge in [-0.15, -0.1) is 22.7 Å². The SMILES string of the molecule is CNCCCC(CNc1nccs1)c1cccs1. The van der Waals surface area contributed by atoms with Crippen molar-refractivity contribution in [3.63, 3.8) is 0 Å². The molecule has 0 spiro atoms. The minimum absolute atomic E-state index is 0.585. The Bertz CT molecular complexity index is 411. The molecule has 0 aliphatic heterocycles. The second-order valence-electron chi connectivity index (χ2n) is 4.18. The monoisotopic (exact) mass is 281 g/mol. The van der Waals surface area contributed by atoms with Crippen molar-refractivity contribution in [3.8, 4) is 0 Å². The largest absolute Gasteiger partial charge is 0.361 e. The molecular formula is C13H19N3S2. The summed E-state index contributed by atoms with van der Waals surface area (Å²) in [5.41, 5.74) is 0. The molecule has 2 aromatic heterocycles. The van der Waals surface area contributed by atoms with Crippen molar-refractivity contribution in [2.45, 2.75) is 18.8 Å². The third-order valence-electron chi connectivity index (χ3n) is 2.86. The molecule has 0 bridgehead atoms. The average Bonchev–Trinajstić information content (AvgIpc) is 3.06. The van der Waals surface area contributed by atoms with Crippen LogP contribution < -0.4 is 10.6 Å². The predicted molar refractivity (Wildman–Crippen MR) is 80.8 cm³/mol. The number of hydrogen-bond donors (Lipinski definition) is 2. The van der Waals surface area contributed by atoms with Crippen LogP contribution in [-0.4, -0.2) is 25.1 Å². The van der Waals surface area contributed by atoms with Crippen molar-refractivity contribution in [2.24, 2.45) is 0 Å². The molecule has 1 unspecified atom stereocenters. The van der Waals surface area contributed by atoms with Gasteiger partial charge in [-0.05, 0) is 37.9 Å². The Morgan fingerprint density at radius 3 is 2.94 bits per heavy atom. The highest BCUT2D eigenvalue weighted by Gasteiger charge is 2.12. The number of rotatable bonds is 8. The number of anilines is 1. The van der Waals surface area contributed by atoms with Gasteiger partial charge in [-0.1, -0.05) is 6.07 Å². The molecule has 1 atom stereocenters. The molecule has 0 aromatic carbocycles. The van der Waals surface area contributed by atoms with Gasteiger partial charge < -0.3 is 10.6 Å². The van der Waals surface area contributed by atoms with Gasteiger partial charge in [-0.2, -0.15) is 0 Å². The standard InChI is InChI=1S/C13H19N3S2/c1-14-6-2-4-11(12-5-3-8-17-12)10-16-13-15-7-9-18-13/h3,5,7-9,11,14H,2,4,6,10H2,1H3,(H,15,16). The molecule has 0 aliphatic rings. The topological polar surface area (TPSA) is 37.0 Å². The van der Waals surface area contributed by atoms with E-state index in [0.717, 1.165) is 18.2 Å². The predicted octanol–water partition coefficient (Wildman–Crippen LogP) is 3.40. The van der Waals surface area contributed by atoms with Crippen molar-refractivity contribution in [1.29, 1.82) is 0 Å².